The molecule has 3 atom stereocenters. The first-order valence-corrected chi connectivity index (χ1v) is 11.9. The van der Waals surface area contributed by atoms with Crippen molar-refractivity contribution in [3.8, 4) is 0 Å². The van der Waals surface area contributed by atoms with Gasteiger partial charge in [0, 0.05) is 31.2 Å². The molecule has 7 heteroatoms. The van der Waals surface area contributed by atoms with Crippen molar-refractivity contribution in [2.75, 3.05) is 13.7 Å². The van der Waals surface area contributed by atoms with Crippen molar-refractivity contribution in [2.45, 2.75) is 57.7 Å². The topological polar surface area (TPSA) is 94.5 Å². The van der Waals surface area contributed by atoms with Crippen LogP contribution in [-0.4, -0.2) is 41.9 Å². The molecule has 34 heavy (non-hydrogen) atoms. The van der Waals surface area contributed by atoms with E-state index in [1.807, 2.05) is 44.2 Å². The van der Waals surface area contributed by atoms with Crippen LogP contribution in [0.2, 0.25) is 0 Å². The molecule has 1 aliphatic heterocycles. The molecule has 1 unspecified atom stereocenters. The van der Waals surface area contributed by atoms with Crippen LogP contribution in [0.15, 0.2) is 48.5 Å². The highest BCUT2D eigenvalue weighted by Crippen LogP contribution is 2.36. The van der Waals surface area contributed by atoms with Gasteiger partial charge >= 0.3 is 0 Å². The third-order valence-corrected chi connectivity index (χ3v) is 6.79. The van der Waals surface area contributed by atoms with E-state index >= 15 is 0 Å². The normalized spacial score (nSPS) is 22.2. The minimum atomic E-state index is -0.466. The van der Waals surface area contributed by atoms with Crippen LogP contribution >= 0.6 is 0 Å². The minimum absolute atomic E-state index is 0.0278. The molecule has 180 valence electrons. The number of nitrogens with one attached hydrogen (secondary N) is 3. The molecule has 1 fully saturated rings. The Morgan fingerprint density at radius 2 is 2.03 bits per heavy atom. The predicted molar refractivity (Wildman–Crippen MR) is 132 cm³/mol. The average molecular weight is 463 g/mol. The van der Waals surface area contributed by atoms with Gasteiger partial charge in [0.15, 0.2) is 5.96 Å². The number of carbonyl (C=O) groups is 2. The van der Waals surface area contributed by atoms with Gasteiger partial charge in [-0.05, 0) is 61.4 Å². The summed E-state index contributed by atoms with van der Waals surface area (Å²) in [6, 6.07) is 15.2. The molecule has 0 bridgehead atoms. The number of rotatable bonds is 7. The van der Waals surface area contributed by atoms with Crippen LogP contribution in [0.3, 0.4) is 0 Å². The Labute approximate surface area is 201 Å². The molecule has 1 heterocycles. The van der Waals surface area contributed by atoms with Crippen LogP contribution < -0.4 is 10.6 Å². The van der Waals surface area contributed by atoms with Gasteiger partial charge in [0.05, 0.1) is 12.1 Å². The zero-order chi connectivity index (χ0) is 24.5. The van der Waals surface area contributed by atoms with Crippen LogP contribution in [0.1, 0.15) is 72.7 Å². The van der Waals surface area contributed by atoms with E-state index in [-0.39, 0.29) is 30.2 Å². The summed E-state index contributed by atoms with van der Waals surface area (Å²) in [6.45, 7) is 6.41. The standard InChI is InChI=1S/C27H34N4O3/c1-17-14-18-8-5-6-11-21(18)24(17)29-25(33)20-10-7-9-19(15-20)22(12-13-34-4)31-23(32)16-27(2,3)30-26(31)28/h5-11,15,17,22,24H,12-14,16H2,1-4H3,(H2,28,30)(H,29,33)/t17-,22?,24-/m0/s1. The van der Waals surface area contributed by atoms with E-state index < -0.39 is 11.6 Å². The molecular formula is C27H34N4O3. The van der Waals surface area contributed by atoms with Gasteiger partial charge in [0.2, 0.25) is 5.91 Å². The Morgan fingerprint density at radius 3 is 2.76 bits per heavy atom. The number of carbonyl (C=O) groups excluding carboxylic acids is 2. The van der Waals surface area contributed by atoms with Crippen LogP contribution in [0, 0.1) is 11.3 Å². The molecule has 0 aromatic heterocycles. The molecule has 1 aliphatic carbocycles. The molecule has 2 amide bonds. The van der Waals surface area contributed by atoms with E-state index in [0.717, 1.165) is 12.0 Å². The lowest BCUT2D eigenvalue weighted by molar-refractivity contribution is -0.132. The number of hydrogen-bond acceptors (Lipinski definition) is 4. The Morgan fingerprint density at radius 1 is 1.26 bits per heavy atom. The molecule has 1 saturated heterocycles. The van der Waals surface area contributed by atoms with Crippen LogP contribution in [0.25, 0.3) is 0 Å². The number of ether oxygens (including phenoxy) is 1. The van der Waals surface area contributed by atoms with Crippen LogP contribution in [0.4, 0.5) is 0 Å². The summed E-state index contributed by atoms with van der Waals surface area (Å²) in [5.74, 6) is 0.148. The number of benzene rings is 2. The number of methoxy groups -OCH3 is 1. The monoisotopic (exact) mass is 462 g/mol. The maximum atomic E-state index is 13.3. The number of nitrogens with zero attached hydrogens (tertiary/aromatic N) is 1. The van der Waals surface area contributed by atoms with E-state index in [4.69, 9.17) is 10.1 Å². The summed E-state index contributed by atoms with van der Waals surface area (Å²) >= 11 is 0. The highest BCUT2D eigenvalue weighted by Gasteiger charge is 2.39. The van der Waals surface area contributed by atoms with E-state index in [0.29, 0.717) is 24.5 Å². The predicted octanol–water partition coefficient (Wildman–Crippen LogP) is 3.96. The molecule has 7 nitrogen and oxygen atoms in total. The van der Waals surface area contributed by atoms with Gasteiger partial charge in [-0.2, -0.15) is 0 Å². The van der Waals surface area contributed by atoms with E-state index in [9.17, 15) is 9.59 Å². The highest BCUT2D eigenvalue weighted by molar-refractivity contribution is 5.99. The highest BCUT2D eigenvalue weighted by atomic mass is 16.5. The van der Waals surface area contributed by atoms with Gasteiger partial charge < -0.3 is 15.4 Å². The lowest BCUT2D eigenvalue weighted by atomic mass is 9.93. The second-order valence-corrected chi connectivity index (χ2v) is 10.1. The zero-order valence-corrected chi connectivity index (χ0v) is 20.4. The lowest BCUT2D eigenvalue weighted by Crippen LogP contribution is -2.60. The third-order valence-electron chi connectivity index (χ3n) is 6.79. The van der Waals surface area contributed by atoms with Crippen molar-refractivity contribution in [3.05, 3.63) is 70.8 Å². The Hall–Kier alpha value is -3.19. The largest absolute Gasteiger partial charge is 0.385 e. The summed E-state index contributed by atoms with van der Waals surface area (Å²) in [5, 5.41) is 14.9. The lowest BCUT2D eigenvalue weighted by Gasteiger charge is -2.42. The summed E-state index contributed by atoms with van der Waals surface area (Å²) in [5.41, 5.74) is 3.35. The molecule has 4 rings (SSSR count). The van der Waals surface area contributed by atoms with E-state index in [2.05, 4.69) is 29.7 Å². The fourth-order valence-corrected chi connectivity index (χ4v) is 5.14. The SMILES string of the molecule is COCCC(c1cccc(C(=O)N[C@@H]2c3ccccc3C[C@@H]2C)c1)N1C(=N)NC(C)(C)CC1=O. The van der Waals surface area contributed by atoms with Crippen molar-refractivity contribution < 1.29 is 14.3 Å². The van der Waals surface area contributed by atoms with Crippen molar-refractivity contribution in [3.63, 3.8) is 0 Å². The third kappa shape index (κ3) is 4.85. The molecule has 2 aromatic carbocycles. The van der Waals surface area contributed by atoms with Crippen LogP contribution in [-0.2, 0) is 16.0 Å². The Kier molecular flexibility index (Phi) is 6.75. The van der Waals surface area contributed by atoms with E-state index in [1.54, 1.807) is 13.2 Å². The molecular weight excluding hydrogens is 428 g/mol. The van der Waals surface area contributed by atoms with Gasteiger partial charge in [0.1, 0.15) is 0 Å². The van der Waals surface area contributed by atoms with Gasteiger partial charge in [-0.15, -0.1) is 0 Å². The number of hydrogen-bond donors (Lipinski definition) is 3. The number of guanidine groups is 1. The molecule has 0 saturated carbocycles. The quantitative estimate of drug-likeness (QED) is 0.580. The second-order valence-electron chi connectivity index (χ2n) is 10.1. The number of amides is 2. The molecule has 2 aliphatic rings. The van der Waals surface area contributed by atoms with Gasteiger partial charge in [-0.3, -0.25) is 19.9 Å². The summed E-state index contributed by atoms with van der Waals surface area (Å²) < 4.78 is 5.30. The first-order valence-electron chi connectivity index (χ1n) is 11.9. The van der Waals surface area contributed by atoms with Crippen LogP contribution in [0.5, 0.6) is 0 Å². The summed E-state index contributed by atoms with van der Waals surface area (Å²) in [6.07, 6.45) is 1.76. The second kappa shape index (κ2) is 9.58. The summed E-state index contributed by atoms with van der Waals surface area (Å²) in [7, 11) is 1.62. The maximum absolute atomic E-state index is 13.3. The van der Waals surface area contributed by atoms with Crippen molar-refractivity contribution in [1.82, 2.24) is 15.5 Å². The first kappa shape index (κ1) is 24.0. The van der Waals surface area contributed by atoms with Gasteiger partial charge in [0.25, 0.3) is 5.91 Å². The van der Waals surface area contributed by atoms with Crippen molar-refractivity contribution >= 4 is 17.8 Å². The van der Waals surface area contributed by atoms with Gasteiger partial charge in [-0.1, -0.05) is 43.3 Å². The fraction of sp³-hybridized carbons (Fsp3) is 0.444. The van der Waals surface area contributed by atoms with Crippen molar-refractivity contribution in [1.29, 1.82) is 5.41 Å². The average Bonchev–Trinajstić information content (AvgIpc) is 3.10. The molecule has 0 spiro atoms. The van der Waals surface area contributed by atoms with E-state index in [1.165, 1.54) is 16.0 Å². The fourth-order valence-electron chi connectivity index (χ4n) is 5.14. The number of fused-ring (bicyclic) bond motifs is 1. The molecule has 2 aromatic rings. The Balaban J connectivity index is 1.58. The zero-order valence-electron chi connectivity index (χ0n) is 20.4. The minimum Gasteiger partial charge on any atom is -0.385 e. The van der Waals surface area contributed by atoms with Crippen molar-refractivity contribution in [2.24, 2.45) is 5.92 Å². The summed E-state index contributed by atoms with van der Waals surface area (Å²) in [4.78, 5) is 27.8. The first-order chi connectivity index (χ1) is 16.2. The Bertz CT molecular complexity index is 1080. The van der Waals surface area contributed by atoms with Gasteiger partial charge in [-0.25, -0.2) is 0 Å². The maximum Gasteiger partial charge on any atom is 0.251 e. The smallest absolute Gasteiger partial charge is 0.251 e. The molecule has 3 N–H and O–H groups in total. The molecule has 0 radical (unpaired) electrons.